The smallest absolute Gasteiger partial charge is 0.241 e. The fraction of sp³-hybridized carbons (Fsp3) is 0.600. The van der Waals surface area contributed by atoms with Gasteiger partial charge in [0.25, 0.3) is 0 Å². The quantitative estimate of drug-likeness (QED) is 0.347. The number of hydrogen-bond donors (Lipinski definition) is 1. The molecule has 2 heterocycles. The molecule has 1 aromatic rings. The second-order valence-electron chi connectivity index (χ2n) is 7.45. The van der Waals surface area contributed by atoms with Gasteiger partial charge in [-0.15, -0.1) is 24.0 Å². The number of amides is 1. The first-order chi connectivity index (χ1) is 13.0. The molecule has 2 aliphatic heterocycles. The van der Waals surface area contributed by atoms with Gasteiger partial charge in [-0.05, 0) is 37.0 Å². The molecule has 3 rings (SSSR count). The Labute approximate surface area is 193 Å². The summed E-state index contributed by atoms with van der Waals surface area (Å²) in [5.74, 6) is 1.41. The van der Waals surface area contributed by atoms with Gasteiger partial charge in [0.15, 0.2) is 5.96 Å². The minimum atomic E-state index is 0. The molecule has 1 aromatic carbocycles. The largest absolute Gasteiger partial charge is 0.378 e. The van der Waals surface area contributed by atoms with E-state index in [1.54, 1.807) is 19.0 Å². The van der Waals surface area contributed by atoms with E-state index >= 15 is 0 Å². The van der Waals surface area contributed by atoms with E-state index in [0.29, 0.717) is 18.6 Å². The number of halogens is 2. The molecule has 2 aliphatic rings. The molecule has 2 atom stereocenters. The van der Waals surface area contributed by atoms with Gasteiger partial charge in [-0.3, -0.25) is 4.79 Å². The lowest BCUT2D eigenvalue weighted by Gasteiger charge is -2.42. The predicted octanol–water partition coefficient (Wildman–Crippen LogP) is 3.10. The van der Waals surface area contributed by atoms with Gasteiger partial charge in [0.2, 0.25) is 5.91 Å². The van der Waals surface area contributed by atoms with Crippen molar-refractivity contribution in [3.8, 4) is 0 Å². The Morgan fingerprint density at radius 3 is 2.79 bits per heavy atom. The van der Waals surface area contributed by atoms with Crippen molar-refractivity contribution in [1.29, 1.82) is 0 Å². The summed E-state index contributed by atoms with van der Waals surface area (Å²) in [4.78, 5) is 20.7. The Bertz CT molecular complexity index is 669. The molecular weight excluding hydrogens is 535 g/mol. The van der Waals surface area contributed by atoms with Crippen molar-refractivity contribution in [2.45, 2.75) is 31.9 Å². The topological polar surface area (TPSA) is 57.2 Å². The molecule has 0 radical (unpaired) electrons. The molecule has 8 heteroatoms. The van der Waals surface area contributed by atoms with E-state index in [-0.39, 0.29) is 36.4 Å². The average molecular weight is 565 g/mol. The number of piperidine rings is 1. The SMILES string of the molecule is CN(C)C(=O)CNC(=NCc1ccc(Br)cc1)N1CCC2OCCCC2C1.I. The Balaban J connectivity index is 0.00000280. The molecular formula is C20H30BrIN4O2. The van der Waals surface area contributed by atoms with E-state index in [9.17, 15) is 4.79 Å². The van der Waals surface area contributed by atoms with Crippen molar-refractivity contribution < 1.29 is 9.53 Å². The number of fused-ring (bicyclic) bond motifs is 1. The maximum atomic E-state index is 12.0. The second kappa shape index (κ2) is 11.3. The number of carbonyl (C=O) groups excluding carboxylic acids is 1. The number of nitrogens with zero attached hydrogens (tertiary/aromatic N) is 3. The minimum Gasteiger partial charge on any atom is -0.378 e. The number of guanidine groups is 1. The summed E-state index contributed by atoms with van der Waals surface area (Å²) in [6, 6.07) is 8.19. The lowest BCUT2D eigenvalue weighted by atomic mass is 9.88. The number of rotatable bonds is 4. The molecule has 2 saturated heterocycles. The Kier molecular flexibility index (Phi) is 9.49. The van der Waals surface area contributed by atoms with Crippen molar-refractivity contribution in [1.82, 2.24) is 15.1 Å². The van der Waals surface area contributed by atoms with Crippen molar-refractivity contribution in [3.05, 3.63) is 34.3 Å². The van der Waals surface area contributed by atoms with E-state index in [0.717, 1.165) is 48.5 Å². The normalized spacial score (nSPS) is 22.1. The van der Waals surface area contributed by atoms with Crippen LogP contribution in [0.3, 0.4) is 0 Å². The van der Waals surface area contributed by atoms with Crippen LogP contribution < -0.4 is 5.32 Å². The molecule has 156 valence electrons. The molecule has 0 saturated carbocycles. The summed E-state index contributed by atoms with van der Waals surface area (Å²) in [5, 5.41) is 3.28. The highest BCUT2D eigenvalue weighted by atomic mass is 127. The molecule has 1 N–H and O–H groups in total. The van der Waals surface area contributed by atoms with Gasteiger partial charge in [0, 0.05) is 44.2 Å². The van der Waals surface area contributed by atoms with Crippen molar-refractivity contribution in [2.75, 3.05) is 40.3 Å². The summed E-state index contributed by atoms with van der Waals surface area (Å²) in [6.07, 6.45) is 3.74. The molecule has 2 unspecified atom stereocenters. The lowest BCUT2D eigenvalue weighted by Crippen LogP contribution is -2.53. The number of hydrogen-bond acceptors (Lipinski definition) is 3. The molecule has 1 amide bonds. The van der Waals surface area contributed by atoms with Gasteiger partial charge in [-0.25, -0.2) is 4.99 Å². The summed E-state index contributed by atoms with van der Waals surface area (Å²) < 4.78 is 6.99. The number of carbonyl (C=O) groups is 1. The van der Waals surface area contributed by atoms with E-state index in [2.05, 4.69) is 38.3 Å². The van der Waals surface area contributed by atoms with Gasteiger partial charge < -0.3 is 19.9 Å². The zero-order valence-corrected chi connectivity index (χ0v) is 20.5. The van der Waals surface area contributed by atoms with Crippen LogP contribution in [0.5, 0.6) is 0 Å². The zero-order chi connectivity index (χ0) is 19.2. The highest BCUT2D eigenvalue weighted by Crippen LogP contribution is 2.28. The van der Waals surface area contributed by atoms with E-state index in [1.807, 2.05) is 12.1 Å². The first kappa shape index (κ1) is 23.4. The third-order valence-corrected chi connectivity index (χ3v) is 5.76. The van der Waals surface area contributed by atoms with Crippen LogP contribution in [0.2, 0.25) is 0 Å². The summed E-state index contributed by atoms with van der Waals surface area (Å²) in [5.41, 5.74) is 1.15. The monoisotopic (exact) mass is 564 g/mol. The molecule has 0 spiro atoms. The third kappa shape index (κ3) is 6.59. The highest BCUT2D eigenvalue weighted by Gasteiger charge is 2.33. The van der Waals surface area contributed by atoms with E-state index < -0.39 is 0 Å². The Hall–Kier alpha value is -0.870. The molecule has 2 fully saturated rings. The van der Waals surface area contributed by atoms with Crippen molar-refractivity contribution in [3.63, 3.8) is 0 Å². The molecule has 6 nitrogen and oxygen atoms in total. The predicted molar refractivity (Wildman–Crippen MR) is 126 cm³/mol. The number of likely N-dealkylation sites (tertiary alicyclic amines) is 1. The fourth-order valence-corrected chi connectivity index (χ4v) is 3.88. The van der Waals surface area contributed by atoms with Gasteiger partial charge in [-0.1, -0.05) is 28.1 Å². The van der Waals surface area contributed by atoms with E-state index in [1.165, 1.54) is 6.42 Å². The van der Waals surface area contributed by atoms with Crippen LogP contribution in [0.25, 0.3) is 0 Å². The standard InChI is InChI=1S/C20H29BrN4O2.HI/c1-24(2)19(26)13-23-20(22-12-15-5-7-17(21)8-6-15)25-10-9-18-16(14-25)4-3-11-27-18;/h5-8,16,18H,3-4,9-14H2,1-2H3,(H,22,23);1H. The van der Waals surface area contributed by atoms with Crippen LogP contribution >= 0.6 is 39.9 Å². The molecule has 0 aliphatic carbocycles. The van der Waals surface area contributed by atoms with E-state index in [4.69, 9.17) is 9.73 Å². The Morgan fingerprint density at radius 2 is 2.07 bits per heavy atom. The maximum absolute atomic E-state index is 12.0. The number of benzene rings is 1. The number of likely N-dealkylation sites (N-methyl/N-ethyl adjacent to an activating group) is 1. The van der Waals surface area contributed by atoms with Gasteiger partial charge >= 0.3 is 0 Å². The van der Waals surface area contributed by atoms with Crippen LogP contribution in [-0.2, 0) is 16.1 Å². The summed E-state index contributed by atoms with van der Waals surface area (Å²) in [7, 11) is 3.54. The maximum Gasteiger partial charge on any atom is 0.241 e. The second-order valence-corrected chi connectivity index (χ2v) is 8.37. The van der Waals surface area contributed by atoms with Gasteiger partial charge in [0.1, 0.15) is 0 Å². The average Bonchev–Trinajstić information content (AvgIpc) is 2.68. The van der Waals surface area contributed by atoms with Crippen molar-refractivity contribution in [2.24, 2.45) is 10.9 Å². The number of ether oxygens (including phenoxy) is 1. The first-order valence-electron chi connectivity index (χ1n) is 9.62. The van der Waals surface area contributed by atoms with Crippen LogP contribution in [0.4, 0.5) is 0 Å². The van der Waals surface area contributed by atoms with Gasteiger partial charge in [0.05, 0.1) is 19.2 Å². The lowest BCUT2D eigenvalue weighted by molar-refractivity contribution is -0.127. The summed E-state index contributed by atoms with van der Waals surface area (Å²) in [6.45, 7) is 3.58. The number of aliphatic imine (C=N–C) groups is 1. The fourth-order valence-electron chi connectivity index (χ4n) is 3.62. The van der Waals surface area contributed by atoms with Crippen LogP contribution in [-0.4, -0.2) is 68.1 Å². The van der Waals surface area contributed by atoms with Crippen molar-refractivity contribution >= 4 is 51.8 Å². The Morgan fingerprint density at radius 1 is 1.32 bits per heavy atom. The third-order valence-electron chi connectivity index (χ3n) is 5.24. The summed E-state index contributed by atoms with van der Waals surface area (Å²) >= 11 is 3.46. The van der Waals surface area contributed by atoms with Crippen LogP contribution in [0.1, 0.15) is 24.8 Å². The highest BCUT2D eigenvalue weighted by molar-refractivity contribution is 14.0. The minimum absolute atomic E-state index is 0. The molecule has 28 heavy (non-hydrogen) atoms. The number of nitrogens with one attached hydrogen (secondary N) is 1. The molecule has 0 bridgehead atoms. The first-order valence-corrected chi connectivity index (χ1v) is 10.4. The van der Waals surface area contributed by atoms with Crippen LogP contribution in [0.15, 0.2) is 33.7 Å². The van der Waals surface area contributed by atoms with Crippen LogP contribution in [0, 0.1) is 5.92 Å². The van der Waals surface area contributed by atoms with Gasteiger partial charge in [-0.2, -0.15) is 0 Å². The molecule has 0 aromatic heterocycles. The zero-order valence-electron chi connectivity index (χ0n) is 16.6.